The molecule has 29 nitrogen and oxygen atoms in total. The number of amides is 11. The van der Waals surface area contributed by atoms with Crippen LogP contribution in [0.15, 0.2) is 146 Å². The maximum Gasteiger partial charge on any atom is 0.253 e. The molecule has 0 aromatic heterocycles. The minimum Gasteiger partial charge on any atom is -0.390 e. The Bertz CT molecular complexity index is 4480. The lowest BCUT2D eigenvalue weighted by Crippen LogP contribution is -2.53. The van der Waals surface area contributed by atoms with Crippen molar-refractivity contribution in [2.24, 2.45) is 29.2 Å². The Kier molecular flexibility index (Phi) is 50.6. The molecule has 6 atom stereocenters. The average Bonchev–Trinajstić information content (AvgIpc) is 0.821. The second-order valence-electron chi connectivity index (χ2n) is 34.3. The predicted octanol–water partition coefficient (Wildman–Crippen LogP) is 11.7. The van der Waals surface area contributed by atoms with Gasteiger partial charge in [0, 0.05) is 148 Å². The van der Waals surface area contributed by atoms with E-state index in [-0.39, 0.29) is 129 Å². The first-order valence-corrected chi connectivity index (χ1v) is 46.1. The van der Waals surface area contributed by atoms with Gasteiger partial charge in [-0.1, -0.05) is 201 Å². The molecule has 0 fully saturated rings. The van der Waals surface area contributed by atoms with Gasteiger partial charge in [-0.2, -0.15) is 0 Å². The number of nitrogens with one attached hydrogen (secondary N) is 6. The van der Waals surface area contributed by atoms with Crippen molar-refractivity contribution in [3.63, 3.8) is 0 Å². The Balaban J connectivity index is 0.000000405. The standard InChI is InChI=1S/C35H52N4O5.C33H49N5O5.C32H47N5O5/c1-7-10-18-39(37-33(42)19-25(4)5)24-32(41)31(20-27-14-12-11-13-15-27)36-34(43)29-21-28(26(6)40)22-30(23-29)35(44)38(16-8-2)17-9-3;1-6-14-37(15-7-2)33(43)27-20-25(31(34)41)19-26(21-27)32(42)35-28(18-24-12-10-9-11-13-24)29(39)22-38(16-8-3)36-30(40)17-23(4)5;1-6-14-36(15-7-2)32(42)26-19-24(30(33)40)18-25(20-26)31(41)34-27(17-23-12-10-9-11-13-23)28(38)21-37(8-3)35-29(39)16-22(4)5/h11-15,21-23,25,31-32,41H,7-10,16-20,24H2,1-6H3,(H,36,43)(H,37,42);9-13,19-21,23,28-29,39H,6-8,14-18,22H2,1-5H3,(H2,34,41)(H,35,42)(H,36,40);9-13,18-20,22,27-28,38H,6-8,14-17,21H2,1-5H3,(H2,33,40)(H,34,41)(H,35,39). The summed E-state index contributed by atoms with van der Waals surface area (Å²) in [6.45, 7) is 36.1. The molecule has 0 aliphatic heterocycles. The van der Waals surface area contributed by atoms with E-state index in [1.54, 1.807) is 35.8 Å². The van der Waals surface area contributed by atoms with Gasteiger partial charge in [0.1, 0.15) is 0 Å². The molecule has 6 aromatic rings. The summed E-state index contributed by atoms with van der Waals surface area (Å²) < 4.78 is 0. The van der Waals surface area contributed by atoms with Crippen molar-refractivity contribution in [2.45, 2.75) is 244 Å². The largest absolute Gasteiger partial charge is 0.390 e. The van der Waals surface area contributed by atoms with Crippen LogP contribution < -0.4 is 43.7 Å². The summed E-state index contributed by atoms with van der Waals surface area (Å²) in [5, 5.41) is 48.0. The highest BCUT2D eigenvalue weighted by molar-refractivity contribution is 6.07. The van der Waals surface area contributed by atoms with Crippen molar-refractivity contribution in [3.8, 4) is 0 Å². The first-order chi connectivity index (χ1) is 61.4. The Morgan fingerprint density at radius 1 is 0.318 bits per heavy atom. The van der Waals surface area contributed by atoms with Crippen LogP contribution in [0.4, 0.5) is 0 Å². The van der Waals surface area contributed by atoms with E-state index in [4.69, 9.17) is 11.5 Å². The maximum atomic E-state index is 13.7. The number of primary amides is 2. The number of aliphatic hydroxyl groups excluding tert-OH is 3. The molecule has 6 aromatic carbocycles. The molecule has 0 aliphatic rings. The van der Waals surface area contributed by atoms with Crippen LogP contribution in [0.1, 0.15) is 298 Å². The number of ketones is 1. The summed E-state index contributed by atoms with van der Waals surface area (Å²) in [5.74, 6) is -4.02. The highest BCUT2D eigenvalue weighted by Crippen LogP contribution is 2.22. The number of hydrazine groups is 3. The molecule has 6 rings (SSSR count). The Morgan fingerprint density at radius 3 is 0.822 bits per heavy atom. The van der Waals surface area contributed by atoms with Crippen LogP contribution in [-0.4, -0.2) is 231 Å². The SMILES string of the molecule is CCCCN(CC(O)C(Cc1ccccc1)NC(=O)c1cc(C(C)=O)cc(C(=O)N(CCC)CCC)c1)NC(=O)CC(C)C.CCCN(CC(O)C(Cc1ccccc1)NC(=O)c1cc(C(N)=O)cc(C(=O)N(CCC)CCC)c1)NC(=O)CC(C)C.CCCN(CCC)C(=O)c1cc(C(N)=O)cc(C(=O)NC(Cc2ccccc2)C(O)CN(CC)NC(=O)CC(C)C)c1. The van der Waals surface area contributed by atoms with Crippen LogP contribution in [0.5, 0.6) is 0 Å². The van der Waals surface area contributed by atoms with Gasteiger partial charge < -0.3 is 57.4 Å². The van der Waals surface area contributed by atoms with Crippen LogP contribution >= 0.6 is 0 Å². The van der Waals surface area contributed by atoms with E-state index in [0.29, 0.717) is 97.4 Å². The van der Waals surface area contributed by atoms with Crippen molar-refractivity contribution in [1.29, 1.82) is 0 Å². The number of unbranched alkanes of at least 4 members (excludes halogenated alkanes) is 1. The Morgan fingerprint density at radius 2 is 0.566 bits per heavy atom. The van der Waals surface area contributed by atoms with Crippen molar-refractivity contribution in [2.75, 3.05) is 78.5 Å². The third kappa shape index (κ3) is 40.2. The van der Waals surface area contributed by atoms with Crippen LogP contribution in [0.3, 0.4) is 0 Å². The zero-order valence-corrected chi connectivity index (χ0v) is 79.2. The average molecular weight is 1790 g/mol. The van der Waals surface area contributed by atoms with Gasteiger partial charge in [0.2, 0.25) is 29.5 Å². The number of carbonyl (C=O) groups excluding carboxylic acids is 12. The van der Waals surface area contributed by atoms with Gasteiger partial charge >= 0.3 is 0 Å². The molecule has 0 bridgehead atoms. The molecule has 29 heteroatoms. The number of benzene rings is 6. The molecular formula is C100H148N14O15. The molecule has 0 heterocycles. The molecule has 129 heavy (non-hydrogen) atoms. The fraction of sp³-hybridized carbons (Fsp3) is 0.520. The van der Waals surface area contributed by atoms with Crippen LogP contribution in [0.25, 0.3) is 0 Å². The first kappa shape index (κ1) is 110. The highest BCUT2D eigenvalue weighted by Gasteiger charge is 2.32. The van der Waals surface area contributed by atoms with Gasteiger partial charge in [0.25, 0.3) is 35.4 Å². The van der Waals surface area contributed by atoms with Gasteiger partial charge in [-0.15, -0.1) is 0 Å². The molecule has 0 saturated heterocycles. The second kappa shape index (κ2) is 59.2. The number of nitrogens with zero attached hydrogens (tertiary/aromatic N) is 6. The lowest BCUT2D eigenvalue weighted by Gasteiger charge is -2.31. The van der Waals surface area contributed by atoms with E-state index < -0.39 is 66.0 Å². The van der Waals surface area contributed by atoms with E-state index in [2.05, 4.69) is 39.2 Å². The van der Waals surface area contributed by atoms with Crippen molar-refractivity contribution in [3.05, 3.63) is 212 Å². The van der Waals surface area contributed by atoms with Crippen molar-refractivity contribution >= 4 is 70.8 Å². The number of nitrogens with two attached hydrogens (primary N) is 2. The second-order valence-corrected chi connectivity index (χ2v) is 34.3. The molecule has 0 saturated carbocycles. The summed E-state index contributed by atoms with van der Waals surface area (Å²) in [6.07, 6.45) is 6.02. The normalized spacial score (nSPS) is 12.6. The molecule has 0 aliphatic carbocycles. The van der Waals surface area contributed by atoms with Crippen LogP contribution in [0, 0.1) is 17.8 Å². The molecule has 708 valence electrons. The van der Waals surface area contributed by atoms with E-state index in [1.807, 2.05) is 188 Å². The smallest absolute Gasteiger partial charge is 0.253 e. The third-order valence-corrected chi connectivity index (χ3v) is 20.9. The van der Waals surface area contributed by atoms with Gasteiger partial charge in [0.05, 0.1) is 36.4 Å². The number of likely N-dealkylation sites (N-methyl/N-ethyl adjacent to an activating group) is 1. The number of carbonyl (C=O) groups is 12. The summed E-state index contributed by atoms with van der Waals surface area (Å²) in [4.78, 5) is 160. The minimum absolute atomic E-state index is 0.0455. The predicted molar refractivity (Wildman–Crippen MR) is 506 cm³/mol. The molecule has 13 N–H and O–H groups in total. The van der Waals surface area contributed by atoms with Gasteiger partial charge in [-0.05, 0) is 167 Å². The summed E-state index contributed by atoms with van der Waals surface area (Å²) in [5.41, 5.74) is 23.9. The zero-order chi connectivity index (χ0) is 95.8. The Labute approximate surface area is 765 Å². The highest BCUT2D eigenvalue weighted by atomic mass is 16.3. The van der Waals surface area contributed by atoms with Gasteiger partial charge in [0.15, 0.2) is 5.78 Å². The number of Topliss-reactive ketones (excluding diaryl/α,β-unsaturated/α-hetero) is 1. The molecular weight excluding hydrogens is 1640 g/mol. The van der Waals surface area contributed by atoms with Gasteiger partial charge in [-0.25, -0.2) is 15.0 Å². The first-order valence-electron chi connectivity index (χ1n) is 46.1. The molecule has 0 spiro atoms. The fourth-order valence-corrected chi connectivity index (χ4v) is 14.6. The number of hydrogen-bond donors (Lipinski definition) is 11. The Hall–Kier alpha value is -11.1. The van der Waals surface area contributed by atoms with E-state index in [0.717, 1.165) is 74.5 Å². The summed E-state index contributed by atoms with van der Waals surface area (Å²) >= 11 is 0. The van der Waals surface area contributed by atoms with E-state index in [9.17, 15) is 72.9 Å². The van der Waals surface area contributed by atoms with E-state index in [1.165, 1.54) is 55.5 Å². The van der Waals surface area contributed by atoms with Gasteiger partial charge in [-0.3, -0.25) is 73.8 Å². The number of aliphatic hydroxyl groups is 3. The maximum absolute atomic E-state index is 13.7. The minimum atomic E-state index is -1.06. The number of rotatable bonds is 54. The lowest BCUT2D eigenvalue weighted by atomic mass is 9.98. The van der Waals surface area contributed by atoms with Crippen molar-refractivity contribution < 1.29 is 72.9 Å². The van der Waals surface area contributed by atoms with Crippen molar-refractivity contribution in [1.82, 2.24) is 62.0 Å². The molecule has 0 radical (unpaired) electrons. The molecule has 11 amide bonds. The topological polar surface area (TPSA) is 409 Å². The molecule has 6 unspecified atom stereocenters. The summed E-state index contributed by atoms with van der Waals surface area (Å²) in [6, 6.07) is 39.2. The quantitative estimate of drug-likeness (QED) is 0.0125. The monoisotopic (exact) mass is 1790 g/mol. The zero-order valence-electron chi connectivity index (χ0n) is 79.2. The number of hydrogen-bond acceptors (Lipinski definition) is 18. The lowest BCUT2D eigenvalue weighted by molar-refractivity contribution is -0.128. The third-order valence-electron chi connectivity index (χ3n) is 20.9. The van der Waals surface area contributed by atoms with Crippen LogP contribution in [0.2, 0.25) is 0 Å². The van der Waals surface area contributed by atoms with Crippen LogP contribution in [-0.2, 0) is 33.6 Å². The fourth-order valence-electron chi connectivity index (χ4n) is 14.6. The summed E-state index contributed by atoms with van der Waals surface area (Å²) in [7, 11) is 0. The van der Waals surface area contributed by atoms with E-state index >= 15 is 0 Å².